The van der Waals surface area contributed by atoms with Crippen LogP contribution >= 0.6 is 0 Å². The average Bonchev–Trinajstić information content (AvgIpc) is 1.82. The minimum Gasteiger partial charge on any atom is -0.449 e. The lowest BCUT2D eigenvalue weighted by Gasteiger charge is -2.39. The van der Waals surface area contributed by atoms with E-state index in [1.807, 2.05) is 0 Å². The van der Waals surface area contributed by atoms with Gasteiger partial charge in [0, 0.05) is 25.6 Å². The van der Waals surface area contributed by atoms with Crippen LogP contribution in [0.4, 0.5) is 12.9 Å². The Bertz CT molecular complexity index is 146. The Hall–Kier alpha value is -0.225. The van der Waals surface area contributed by atoms with Gasteiger partial charge in [-0.2, -0.15) is 0 Å². The summed E-state index contributed by atoms with van der Waals surface area (Å²) in [4.78, 5) is 1.72. The Balaban J connectivity index is 2.04. The summed E-state index contributed by atoms with van der Waals surface area (Å²) in [6.07, 6.45) is -0.682. The predicted molar refractivity (Wildman–Crippen MR) is 40.9 cm³/mol. The van der Waals surface area contributed by atoms with Gasteiger partial charge in [-0.15, -0.1) is 0 Å². The highest BCUT2D eigenvalue weighted by atomic mass is 19.4. The molecule has 0 radical (unpaired) electrons. The Morgan fingerprint density at radius 3 is 2.33 bits per heavy atom. The second-order valence-electron chi connectivity index (χ2n) is 3.31. The van der Waals surface area contributed by atoms with Crippen molar-refractivity contribution in [3.8, 4) is 0 Å². The van der Waals surface area contributed by atoms with Crippen LogP contribution in [0, 0.1) is 5.92 Å². The topological polar surface area (TPSA) is 23.5 Å². The van der Waals surface area contributed by atoms with Gasteiger partial charge in [-0.1, -0.05) is 6.32 Å². The van der Waals surface area contributed by atoms with Crippen molar-refractivity contribution in [1.82, 2.24) is 4.90 Å². The zero-order valence-corrected chi connectivity index (χ0v) is 6.72. The fraction of sp³-hybridized carbons (Fsp3) is 1.00. The van der Waals surface area contributed by atoms with E-state index in [0.717, 1.165) is 0 Å². The second kappa shape index (κ2) is 3.66. The van der Waals surface area contributed by atoms with Crippen LogP contribution in [-0.2, 0) is 0 Å². The Morgan fingerprint density at radius 1 is 1.33 bits per heavy atom. The van der Waals surface area contributed by atoms with Crippen molar-refractivity contribution in [2.24, 2.45) is 5.92 Å². The van der Waals surface area contributed by atoms with Gasteiger partial charge in [-0.05, 0) is 6.54 Å². The maximum absolute atomic E-state index is 11.7. The summed E-state index contributed by atoms with van der Waals surface area (Å²) in [5, 5.41) is 8.59. The van der Waals surface area contributed by atoms with Crippen LogP contribution in [0.1, 0.15) is 0 Å². The highest BCUT2D eigenvalue weighted by molar-refractivity contribution is 6.58. The molecule has 1 heterocycles. The number of aliphatic hydroxyl groups is 1. The van der Waals surface area contributed by atoms with Gasteiger partial charge in [-0.25, -0.2) is 0 Å². The molecule has 0 atom stereocenters. The van der Waals surface area contributed by atoms with Crippen molar-refractivity contribution < 1.29 is 18.1 Å². The smallest absolute Gasteiger partial charge is 0.449 e. The van der Waals surface area contributed by atoms with Gasteiger partial charge >= 0.3 is 6.98 Å². The van der Waals surface area contributed by atoms with Crippen molar-refractivity contribution >= 4 is 6.98 Å². The fourth-order valence-electron chi connectivity index (χ4n) is 1.30. The number of nitrogens with zero attached hydrogens (tertiary/aromatic N) is 1. The molecular weight excluding hydrogens is 170 g/mol. The first kappa shape index (κ1) is 9.86. The molecule has 1 fully saturated rings. The molecule has 72 valence electrons. The SMILES string of the molecule is OCC1CN(CC[B-](F)(F)F)C1. The molecule has 2 nitrogen and oxygen atoms in total. The lowest BCUT2D eigenvalue weighted by atomic mass is 9.85. The third-order valence-electron chi connectivity index (χ3n) is 2.06. The fourth-order valence-corrected chi connectivity index (χ4v) is 1.30. The first-order valence-electron chi connectivity index (χ1n) is 4.05. The quantitative estimate of drug-likeness (QED) is 0.648. The minimum atomic E-state index is -4.63. The van der Waals surface area contributed by atoms with E-state index < -0.39 is 13.3 Å². The van der Waals surface area contributed by atoms with Gasteiger partial charge in [0.1, 0.15) is 0 Å². The summed E-state index contributed by atoms with van der Waals surface area (Å²) in [6, 6.07) is 0. The molecule has 0 unspecified atom stereocenters. The van der Waals surface area contributed by atoms with Crippen molar-refractivity contribution in [1.29, 1.82) is 0 Å². The zero-order chi connectivity index (χ0) is 9.19. The Kier molecular flexibility index (Phi) is 3.01. The molecule has 0 bridgehead atoms. The molecule has 0 aliphatic carbocycles. The molecule has 0 aromatic heterocycles. The standard InChI is InChI=1S/C6H12BF3NO/c8-7(9,10)1-2-11-3-6(4-11)5-12/h6,12H,1-5H2/q-1. The first-order chi connectivity index (χ1) is 5.51. The molecule has 1 aliphatic rings. The van der Waals surface area contributed by atoms with Crippen LogP contribution in [0.15, 0.2) is 0 Å². The molecule has 1 rings (SSSR count). The maximum atomic E-state index is 11.7. The lowest BCUT2D eigenvalue weighted by molar-refractivity contribution is 0.0572. The van der Waals surface area contributed by atoms with Gasteiger partial charge in [0.15, 0.2) is 0 Å². The van der Waals surface area contributed by atoms with Crippen molar-refractivity contribution in [3.63, 3.8) is 0 Å². The van der Waals surface area contributed by atoms with Crippen LogP contribution in [0.5, 0.6) is 0 Å². The molecule has 6 heteroatoms. The number of halogens is 3. The third kappa shape index (κ3) is 3.02. The molecule has 0 amide bonds. The number of likely N-dealkylation sites (tertiary alicyclic amines) is 1. The van der Waals surface area contributed by atoms with Crippen molar-refractivity contribution in [3.05, 3.63) is 0 Å². The molecule has 0 saturated carbocycles. The number of aliphatic hydroxyl groups excluding tert-OH is 1. The van der Waals surface area contributed by atoms with Gasteiger partial charge in [0.25, 0.3) is 0 Å². The summed E-state index contributed by atoms with van der Waals surface area (Å²) in [7, 11) is 0. The number of hydrogen-bond donors (Lipinski definition) is 1. The largest absolute Gasteiger partial charge is 0.479 e. The number of hydrogen-bond acceptors (Lipinski definition) is 2. The van der Waals surface area contributed by atoms with E-state index in [-0.39, 0.29) is 19.1 Å². The zero-order valence-electron chi connectivity index (χ0n) is 6.72. The molecule has 1 N–H and O–H groups in total. The highest BCUT2D eigenvalue weighted by Gasteiger charge is 2.29. The highest BCUT2D eigenvalue weighted by Crippen LogP contribution is 2.20. The van der Waals surface area contributed by atoms with Gasteiger partial charge in [-0.3, -0.25) is 0 Å². The average molecular weight is 182 g/mol. The van der Waals surface area contributed by atoms with Gasteiger partial charge in [0.05, 0.1) is 0 Å². The predicted octanol–water partition coefficient (Wildman–Crippen LogP) is 0.758. The second-order valence-corrected chi connectivity index (χ2v) is 3.31. The van der Waals surface area contributed by atoms with E-state index >= 15 is 0 Å². The summed E-state index contributed by atoms with van der Waals surface area (Å²) < 4.78 is 35.2. The molecule has 1 saturated heterocycles. The van der Waals surface area contributed by atoms with E-state index in [1.54, 1.807) is 4.90 Å². The summed E-state index contributed by atoms with van der Waals surface area (Å²) >= 11 is 0. The van der Waals surface area contributed by atoms with E-state index in [4.69, 9.17) is 5.11 Å². The third-order valence-corrected chi connectivity index (χ3v) is 2.06. The van der Waals surface area contributed by atoms with E-state index in [0.29, 0.717) is 13.1 Å². The molecule has 1 aliphatic heterocycles. The van der Waals surface area contributed by atoms with Crippen molar-refractivity contribution in [2.45, 2.75) is 6.32 Å². The van der Waals surface area contributed by atoms with Crippen LogP contribution in [0.25, 0.3) is 0 Å². The Labute approximate surface area is 69.4 Å². The van der Waals surface area contributed by atoms with Crippen LogP contribution in [0.3, 0.4) is 0 Å². The van der Waals surface area contributed by atoms with Crippen molar-refractivity contribution in [2.75, 3.05) is 26.2 Å². The monoisotopic (exact) mass is 182 g/mol. The van der Waals surface area contributed by atoms with Gasteiger partial charge < -0.3 is 23.0 Å². The normalized spacial score (nSPS) is 21.0. The molecular formula is C6H12BF3NO-. The summed E-state index contributed by atoms with van der Waals surface area (Å²) in [5.41, 5.74) is 0. The Morgan fingerprint density at radius 2 is 1.92 bits per heavy atom. The summed E-state index contributed by atoms with van der Waals surface area (Å²) in [6.45, 7) is -3.21. The minimum absolute atomic E-state index is 0.0909. The number of rotatable bonds is 4. The molecule has 12 heavy (non-hydrogen) atoms. The first-order valence-corrected chi connectivity index (χ1v) is 4.05. The molecule has 0 aromatic carbocycles. The molecule has 0 aromatic rings. The van der Waals surface area contributed by atoms with Crippen LogP contribution in [-0.4, -0.2) is 43.2 Å². The lowest BCUT2D eigenvalue weighted by Crippen LogP contribution is -2.49. The van der Waals surface area contributed by atoms with E-state index in [9.17, 15) is 12.9 Å². The van der Waals surface area contributed by atoms with Crippen LogP contribution < -0.4 is 0 Å². The molecule has 0 spiro atoms. The van der Waals surface area contributed by atoms with Crippen LogP contribution in [0.2, 0.25) is 6.32 Å². The summed E-state index contributed by atoms with van der Waals surface area (Å²) in [5.74, 6) is 0.200. The van der Waals surface area contributed by atoms with Gasteiger partial charge in [0.2, 0.25) is 0 Å². The van der Waals surface area contributed by atoms with E-state index in [2.05, 4.69) is 0 Å². The maximum Gasteiger partial charge on any atom is 0.479 e. The van der Waals surface area contributed by atoms with E-state index in [1.165, 1.54) is 0 Å².